The van der Waals surface area contributed by atoms with E-state index in [0.717, 1.165) is 6.54 Å². The number of piperidine rings is 1. The molecular formula is C7H16ClNO. The van der Waals surface area contributed by atoms with Crippen LogP contribution >= 0.6 is 12.4 Å². The first-order chi connectivity index (χ1) is 4.43. The maximum Gasteiger partial charge on any atom is 0.0558 e. The molecule has 0 aromatic rings. The van der Waals surface area contributed by atoms with Crippen LogP contribution in [-0.4, -0.2) is 36.2 Å². The minimum atomic E-state index is 0. The average Bonchev–Trinajstić information content (AvgIpc) is 1.91. The number of likely N-dealkylation sites (tertiary alicyclic amines) is 1. The van der Waals surface area contributed by atoms with Crippen LogP contribution in [0.3, 0.4) is 0 Å². The fraction of sp³-hybridized carbons (Fsp3) is 1.00. The molecule has 1 fully saturated rings. The molecule has 0 atom stereocenters. The first-order valence-electron chi connectivity index (χ1n) is 3.76. The predicted octanol–water partition coefficient (Wildman–Crippen LogP) is 0.886. The van der Waals surface area contributed by atoms with Crippen LogP contribution < -0.4 is 0 Å². The van der Waals surface area contributed by atoms with Crippen molar-refractivity contribution < 1.29 is 5.11 Å². The van der Waals surface area contributed by atoms with E-state index in [1.807, 2.05) is 0 Å². The normalized spacial score (nSPS) is 20.1. The van der Waals surface area contributed by atoms with E-state index in [2.05, 4.69) is 4.90 Å². The standard InChI is InChI=1S/C7H15NO.ClH/c9-7-6-8-4-2-1-3-5-8;/h9H,1-7H2;1H. The highest BCUT2D eigenvalue weighted by Gasteiger charge is 2.07. The van der Waals surface area contributed by atoms with E-state index in [-0.39, 0.29) is 12.4 Å². The van der Waals surface area contributed by atoms with E-state index in [1.165, 1.54) is 32.4 Å². The van der Waals surface area contributed by atoms with Crippen molar-refractivity contribution in [1.82, 2.24) is 4.90 Å². The summed E-state index contributed by atoms with van der Waals surface area (Å²) in [5.41, 5.74) is 0. The fourth-order valence-electron chi connectivity index (χ4n) is 1.32. The molecule has 0 unspecified atom stereocenters. The van der Waals surface area contributed by atoms with Crippen LogP contribution in [0.2, 0.25) is 0 Å². The van der Waals surface area contributed by atoms with Crippen molar-refractivity contribution in [2.24, 2.45) is 0 Å². The monoisotopic (exact) mass is 165 g/mol. The Bertz CT molecular complexity index is 71.3. The molecule has 1 rings (SSSR count). The molecule has 0 spiro atoms. The van der Waals surface area contributed by atoms with E-state index in [4.69, 9.17) is 5.11 Å². The summed E-state index contributed by atoms with van der Waals surface area (Å²) in [6.07, 6.45) is 4.02. The molecule has 0 bridgehead atoms. The van der Waals surface area contributed by atoms with Gasteiger partial charge in [-0.3, -0.25) is 0 Å². The number of aliphatic hydroxyl groups is 1. The van der Waals surface area contributed by atoms with Crippen molar-refractivity contribution in [2.75, 3.05) is 26.2 Å². The fourth-order valence-corrected chi connectivity index (χ4v) is 1.32. The van der Waals surface area contributed by atoms with Gasteiger partial charge in [0.15, 0.2) is 0 Å². The highest BCUT2D eigenvalue weighted by atomic mass is 35.5. The zero-order valence-electron chi connectivity index (χ0n) is 6.25. The molecule has 0 amide bonds. The molecule has 0 aromatic carbocycles. The maximum absolute atomic E-state index is 8.58. The number of aliphatic hydroxyl groups excluding tert-OH is 1. The van der Waals surface area contributed by atoms with Crippen molar-refractivity contribution in [3.8, 4) is 0 Å². The Hall–Kier alpha value is 0.210. The van der Waals surface area contributed by atoms with E-state index in [0.29, 0.717) is 6.61 Å². The summed E-state index contributed by atoms with van der Waals surface area (Å²) < 4.78 is 0. The van der Waals surface area contributed by atoms with Crippen LogP contribution in [0.15, 0.2) is 0 Å². The summed E-state index contributed by atoms with van der Waals surface area (Å²) in [6, 6.07) is 0. The molecule has 0 aromatic heterocycles. The topological polar surface area (TPSA) is 23.5 Å². The van der Waals surface area contributed by atoms with Crippen LogP contribution in [0.25, 0.3) is 0 Å². The summed E-state index contributed by atoms with van der Waals surface area (Å²) in [4.78, 5) is 2.32. The number of rotatable bonds is 2. The Kier molecular flexibility index (Phi) is 6.08. The summed E-state index contributed by atoms with van der Waals surface area (Å²) in [5.74, 6) is 0. The van der Waals surface area contributed by atoms with E-state index in [1.54, 1.807) is 0 Å². The third kappa shape index (κ3) is 3.40. The van der Waals surface area contributed by atoms with Crippen LogP contribution in [0.4, 0.5) is 0 Å². The third-order valence-corrected chi connectivity index (χ3v) is 1.86. The number of hydrogen-bond donors (Lipinski definition) is 1. The number of β-amino-alcohol motifs (C(OH)–C–C–N with tert-alkyl or cyclic N) is 1. The van der Waals surface area contributed by atoms with Crippen LogP contribution in [-0.2, 0) is 0 Å². The van der Waals surface area contributed by atoms with Gasteiger partial charge < -0.3 is 10.0 Å². The molecule has 3 heteroatoms. The summed E-state index contributed by atoms with van der Waals surface area (Å²) in [7, 11) is 0. The van der Waals surface area contributed by atoms with Gasteiger partial charge in [-0.2, -0.15) is 0 Å². The maximum atomic E-state index is 8.58. The first kappa shape index (κ1) is 10.2. The summed E-state index contributed by atoms with van der Waals surface area (Å²) >= 11 is 0. The second-order valence-electron chi connectivity index (χ2n) is 2.63. The highest BCUT2D eigenvalue weighted by molar-refractivity contribution is 5.85. The molecule has 1 aliphatic rings. The molecule has 1 aliphatic heterocycles. The molecule has 10 heavy (non-hydrogen) atoms. The van der Waals surface area contributed by atoms with Gasteiger partial charge in [0.2, 0.25) is 0 Å². The SMILES string of the molecule is Cl.OCCN1CCCCC1. The predicted molar refractivity (Wildman–Crippen MR) is 44.6 cm³/mol. The van der Waals surface area contributed by atoms with Gasteiger partial charge in [0.05, 0.1) is 6.61 Å². The Balaban J connectivity index is 0.000000810. The first-order valence-corrected chi connectivity index (χ1v) is 3.76. The van der Waals surface area contributed by atoms with Gasteiger partial charge in [0.1, 0.15) is 0 Å². The van der Waals surface area contributed by atoms with Crippen molar-refractivity contribution in [3.05, 3.63) is 0 Å². The molecule has 1 saturated heterocycles. The van der Waals surface area contributed by atoms with Crippen molar-refractivity contribution >= 4 is 12.4 Å². The van der Waals surface area contributed by atoms with E-state index < -0.39 is 0 Å². The van der Waals surface area contributed by atoms with Crippen molar-refractivity contribution in [1.29, 1.82) is 0 Å². The average molecular weight is 166 g/mol. The van der Waals surface area contributed by atoms with Gasteiger partial charge in [-0.25, -0.2) is 0 Å². The Morgan fingerprint density at radius 3 is 2.20 bits per heavy atom. The van der Waals surface area contributed by atoms with Gasteiger partial charge in [-0.15, -0.1) is 12.4 Å². The molecule has 0 radical (unpaired) electrons. The lowest BCUT2D eigenvalue weighted by atomic mass is 10.1. The van der Waals surface area contributed by atoms with Crippen LogP contribution in [0.5, 0.6) is 0 Å². The molecule has 0 aliphatic carbocycles. The van der Waals surface area contributed by atoms with Gasteiger partial charge in [0, 0.05) is 6.54 Å². The molecule has 2 nitrogen and oxygen atoms in total. The van der Waals surface area contributed by atoms with E-state index in [9.17, 15) is 0 Å². The molecule has 1 N–H and O–H groups in total. The third-order valence-electron chi connectivity index (χ3n) is 1.86. The zero-order chi connectivity index (χ0) is 6.53. The molecular weight excluding hydrogens is 150 g/mol. The lowest BCUT2D eigenvalue weighted by molar-refractivity contribution is 0.173. The van der Waals surface area contributed by atoms with Gasteiger partial charge in [0.25, 0.3) is 0 Å². The van der Waals surface area contributed by atoms with Crippen LogP contribution in [0, 0.1) is 0 Å². The minimum Gasteiger partial charge on any atom is -0.395 e. The second kappa shape index (κ2) is 5.96. The summed E-state index contributed by atoms with van der Waals surface area (Å²) in [6.45, 7) is 3.58. The Morgan fingerprint density at radius 2 is 1.70 bits per heavy atom. The summed E-state index contributed by atoms with van der Waals surface area (Å²) in [5, 5.41) is 8.58. The van der Waals surface area contributed by atoms with Gasteiger partial charge in [-0.05, 0) is 25.9 Å². The number of halogens is 1. The second-order valence-corrected chi connectivity index (χ2v) is 2.63. The minimum absolute atomic E-state index is 0. The number of hydrogen-bond acceptors (Lipinski definition) is 2. The molecule has 1 heterocycles. The number of nitrogens with zero attached hydrogens (tertiary/aromatic N) is 1. The zero-order valence-corrected chi connectivity index (χ0v) is 7.07. The Morgan fingerprint density at radius 1 is 1.10 bits per heavy atom. The van der Waals surface area contributed by atoms with Gasteiger partial charge in [-0.1, -0.05) is 6.42 Å². The lowest BCUT2D eigenvalue weighted by Gasteiger charge is -2.25. The Labute approximate surface area is 68.6 Å². The highest BCUT2D eigenvalue weighted by Crippen LogP contribution is 2.06. The van der Waals surface area contributed by atoms with E-state index >= 15 is 0 Å². The van der Waals surface area contributed by atoms with Crippen molar-refractivity contribution in [3.63, 3.8) is 0 Å². The molecule has 62 valence electrons. The largest absolute Gasteiger partial charge is 0.395 e. The quantitative estimate of drug-likeness (QED) is 0.657. The smallest absolute Gasteiger partial charge is 0.0558 e. The lowest BCUT2D eigenvalue weighted by Crippen LogP contribution is -2.31. The van der Waals surface area contributed by atoms with Gasteiger partial charge >= 0.3 is 0 Å². The van der Waals surface area contributed by atoms with Crippen LogP contribution in [0.1, 0.15) is 19.3 Å². The van der Waals surface area contributed by atoms with Crippen molar-refractivity contribution in [2.45, 2.75) is 19.3 Å². The molecule has 0 saturated carbocycles.